The van der Waals surface area contributed by atoms with Gasteiger partial charge in [-0.3, -0.25) is 4.90 Å². The smallest absolute Gasteiger partial charge is 0.173 e. The van der Waals surface area contributed by atoms with Crippen LogP contribution in [-0.2, 0) is 4.74 Å². The molecule has 2 aliphatic heterocycles. The molecule has 0 spiro atoms. The molecule has 2 aliphatic rings. The Morgan fingerprint density at radius 1 is 1.13 bits per heavy atom. The zero-order valence-electron chi connectivity index (χ0n) is 17.8. The summed E-state index contributed by atoms with van der Waals surface area (Å²) in [5.74, 6) is 0.634. The summed E-state index contributed by atoms with van der Waals surface area (Å²) in [6.07, 6.45) is 0.116. The Morgan fingerprint density at radius 2 is 1.90 bits per heavy atom. The van der Waals surface area contributed by atoms with Crippen molar-refractivity contribution in [3.63, 3.8) is 0 Å². The Hall–Kier alpha value is -2.42. The summed E-state index contributed by atoms with van der Waals surface area (Å²) in [6.45, 7) is 7.00. The van der Waals surface area contributed by atoms with E-state index >= 15 is 0 Å². The van der Waals surface area contributed by atoms with Gasteiger partial charge in [0.05, 0.1) is 19.8 Å². The number of hydrogen-bond donors (Lipinski definition) is 1. The van der Waals surface area contributed by atoms with Crippen molar-refractivity contribution in [1.29, 1.82) is 0 Å². The lowest BCUT2D eigenvalue weighted by atomic mass is 10.2. The van der Waals surface area contributed by atoms with Crippen LogP contribution >= 0.6 is 12.2 Å². The number of morpholine rings is 1. The fraction of sp³-hybridized carbons (Fsp3) is 0.435. The summed E-state index contributed by atoms with van der Waals surface area (Å²) in [6, 6.07) is 14.5. The largest absolute Gasteiger partial charge is 0.497 e. The highest BCUT2D eigenvalue weighted by Gasteiger charge is 2.26. The molecule has 1 N–H and O–H groups in total. The van der Waals surface area contributed by atoms with Crippen molar-refractivity contribution >= 4 is 28.7 Å². The van der Waals surface area contributed by atoms with Gasteiger partial charge in [-0.15, -0.1) is 0 Å². The third-order valence-corrected chi connectivity index (χ3v) is 6.13. The zero-order chi connectivity index (χ0) is 21.6. The zero-order valence-corrected chi connectivity index (χ0v) is 18.6. The maximum atomic E-state index is 13.1. The highest BCUT2D eigenvalue weighted by Crippen LogP contribution is 2.22. The van der Waals surface area contributed by atoms with E-state index in [9.17, 15) is 4.39 Å². The number of piperazine rings is 1. The van der Waals surface area contributed by atoms with E-state index in [4.69, 9.17) is 21.7 Å². The topological polar surface area (TPSA) is 40.2 Å². The summed E-state index contributed by atoms with van der Waals surface area (Å²) in [7, 11) is 1.70. The van der Waals surface area contributed by atoms with Gasteiger partial charge < -0.3 is 24.6 Å². The van der Waals surface area contributed by atoms with Crippen LogP contribution in [0.5, 0.6) is 5.75 Å². The van der Waals surface area contributed by atoms with E-state index in [-0.39, 0.29) is 11.9 Å². The molecule has 0 aliphatic carbocycles. The van der Waals surface area contributed by atoms with Crippen LogP contribution < -0.4 is 15.0 Å². The summed E-state index contributed by atoms with van der Waals surface area (Å²) in [5, 5.41) is 3.86. The van der Waals surface area contributed by atoms with Crippen molar-refractivity contribution in [2.24, 2.45) is 0 Å². The molecule has 2 aromatic carbocycles. The third kappa shape index (κ3) is 5.84. The first kappa shape index (κ1) is 21.8. The molecule has 4 rings (SSSR count). The van der Waals surface area contributed by atoms with E-state index in [0.29, 0.717) is 11.7 Å². The Morgan fingerprint density at radius 3 is 2.65 bits per heavy atom. The van der Waals surface area contributed by atoms with Crippen LogP contribution in [0.15, 0.2) is 48.5 Å². The lowest BCUT2D eigenvalue weighted by Gasteiger charge is -2.40. The van der Waals surface area contributed by atoms with E-state index in [1.807, 2.05) is 12.1 Å². The number of rotatable bonds is 5. The van der Waals surface area contributed by atoms with Gasteiger partial charge in [-0.2, -0.15) is 0 Å². The molecule has 0 bridgehead atoms. The third-order valence-electron chi connectivity index (χ3n) is 5.77. The molecule has 6 nitrogen and oxygen atoms in total. The maximum Gasteiger partial charge on any atom is 0.173 e. The van der Waals surface area contributed by atoms with Crippen LogP contribution in [0.25, 0.3) is 0 Å². The first-order chi connectivity index (χ1) is 15.1. The molecule has 0 saturated carbocycles. The number of benzene rings is 2. The molecule has 0 aromatic heterocycles. The second kappa shape index (κ2) is 10.3. The van der Waals surface area contributed by atoms with Crippen LogP contribution in [0.3, 0.4) is 0 Å². The lowest BCUT2D eigenvalue weighted by Crippen LogP contribution is -2.54. The molecule has 0 amide bonds. The van der Waals surface area contributed by atoms with E-state index in [2.05, 4.69) is 32.1 Å². The molecule has 166 valence electrons. The van der Waals surface area contributed by atoms with Gasteiger partial charge in [-0.05, 0) is 48.6 Å². The van der Waals surface area contributed by atoms with Gasteiger partial charge in [0.1, 0.15) is 11.6 Å². The normalized spacial score (nSPS) is 19.9. The maximum absolute atomic E-state index is 13.1. The summed E-state index contributed by atoms with van der Waals surface area (Å²) >= 11 is 5.57. The van der Waals surface area contributed by atoms with Crippen molar-refractivity contribution in [1.82, 2.24) is 9.80 Å². The molecule has 8 heteroatoms. The molecular formula is C23H29FN4O2S. The van der Waals surface area contributed by atoms with Gasteiger partial charge in [0.2, 0.25) is 0 Å². The summed E-state index contributed by atoms with van der Waals surface area (Å²) < 4.78 is 24.5. The SMILES string of the molecule is COc1cccc(N2CCN(CC3CN(C(=S)Nc4ccc(F)cc4)CCO3)CC2)c1. The number of hydrogen-bond acceptors (Lipinski definition) is 5. The highest BCUT2D eigenvalue weighted by molar-refractivity contribution is 7.80. The fourth-order valence-corrected chi connectivity index (χ4v) is 4.32. The van der Waals surface area contributed by atoms with Crippen molar-refractivity contribution < 1.29 is 13.9 Å². The average Bonchev–Trinajstić information content (AvgIpc) is 2.81. The van der Waals surface area contributed by atoms with Crippen LogP contribution in [0.4, 0.5) is 15.8 Å². The second-order valence-electron chi connectivity index (χ2n) is 7.86. The number of halogens is 1. The lowest BCUT2D eigenvalue weighted by molar-refractivity contribution is -0.0236. The Labute approximate surface area is 188 Å². The first-order valence-corrected chi connectivity index (χ1v) is 11.1. The highest BCUT2D eigenvalue weighted by atomic mass is 32.1. The Kier molecular flexibility index (Phi) is 7.21. The van der Waals surface area contributed by atoms with E-state index in [0.717, 1.165) is 57.3 Å². The minimum absolute atomic E-state index is 0.116. The van der Waals surface area contributed by atoms with Crippen LogP contribution in [0.1, 0.15) is 0 Å². The number of ether oxygens (including phenoxy) is 2. The standard InChI is InChI=1S/C23H29FN4O2S/c1-29-21-4-2-3-20(15-21)27-11-9-26(10-12-27)16-22-17-28(13-14-30-22)23(31)25-19-7-5-18(24)6-8-19/h2-8,15,22H,9-14,16-17H2,1H3,(H,25,31). The monoisotopic (exact) mass is 444 g/mol. The molecule has 1 unspecified atom stereocenters. The molecule has 31 heavy (non-hydrogen) atoms. The fourth-order valence-electron chi connectivity index (χ4n) is 4.03. The van der Waals surface area contributed by atoms with Crippen molar-refractivity contribution in [3.8, 4) is 5.75 Å². The molecule has 2 saturated heterocycles. The first-order valence-electron chi connectivity index (χ1n) is 10.6. The predicted octanol–water partition coefficient (Wildman–Crippen LogP) is 3.05. The second-order valence-corrected chi connectivity index (χ2v) is 8.25. The Bertz CT molecular complexity index is 874. The van der Waals surface area contributed by atoms with E-state index < -0.39 is 0 Å². The van der Waals surface area contributed by atoms with Crippen LogP contribution in [-0.4, -0.2) is 80.5 Å². The number of methoxy groups -OCH3 is 1. The molecule has 2 heterocycles. The van der Waals surface area contributed by atoms with Crippen LogP contribution in [0.2, 0.25) is 0 Å². The molecule has 0 radical (unpaired) electrons. The van der Waals surface area contributed by atoms with Gasteiger partial charge in [0.25, 0.3) is 0 Å². The molecule has 2 aromatic rings. The predicted molar refractivity (Wildman–Crippen MR) is 126 cm³/mol. The van der Waals surface area contributed by atoms with Crippen molar-refractivity contribution in [2.75, 3.05) is 69.7 Å². The van der Waals surface area contributed by atoms with Gasteiger partial charge in [-0.25, -0.2) is 4.39 Å². The molecular weight excluding hydrogens is 415 g/mol. The average molecular weight is 445 g/mol. The molecule has 1 atom stereocenters. The van der Waals surface area contributed by atoms with Gasteiger partial charge in [0, 0.05) is 63.3 Å². The number of nitrogens with one attached hydrogen (secondary N) is 1. The minimum Gasteiger partial charge on any atom is -0.497 e. The molecule has 2 fully saturated rings. The van der Waals surface area contributed by atoms with E-state index in [1.165, 1.54) is 17.8 Å². The van der Waals surface area contributed by atoms with Crippen molar-refractivity contribution in [3.05, 3.63) is 54.3 Å². The quantitative estimate of drug-likeness (QED) is 0.711. The van der Waals surface area contributed by atoms with Crippen LogP contribution in [0, 0.1) is 5.82 Å². The van der Waals surface area contributed by atoms with Crippen molar-refractivity contribution in [2.45, 2.75) is 6.10 Å². The van der Waals surface area contributed by atoms with Gasteiger partial charge in [0.15, 0.2) is 5.11 Å². The van der Waals surface area contributed by atoms with Gasteiger partial charge in [-0.1, -0.05) is 6.07 Å². The number of anilines is 2. The summed E-state index contributed by atoms with van der Waals surface area (Å²) in [5.41, 5.74) is 2.00. The Balaban J connectivity index is 1.25. The number of thiocarbonyl (C=S) groups is 1. The van der Waals surface area contributed by atoms with E-state index in [1.54, 1.807) is 19.2 Å². The summed E-state index contributed by atoms with van der Waals surface area (Å²) in [4.78, 5) is 7.00. The number of nitrogens with zero attached hydrogens (tertiary/aromatic N) is 3. The minimum atomic E-state index is -0.255. The van der Waals surface area contributed by atoms with Gasteiger partial charge >= 0.3 is 0 Å².